The Balaban J connectivity index is 1.93. The molecule has 2 aromatic heterocycles. The van der Waals surface area contributed by atoms with E-state index in [0.717, 1.165) is 5.69 Å². The number of aromatic nitrogens is 1. The molecule has 6 nitrogen and oxygen atoms in total. The number of aliphatic hydroxyl groups is 1. The highest BCUT2D eigenvalue weighted by molar-refractivity contribution is 6.44. The van der Waals surface area contributed by atoms with Gasteiger partial charge in [-0.3, -0.25) is 4.79 Å². The Bertz CT molecular complexity index is 1350. The minimum atomic E-state index is -0.473. The number of carbonyl (C=O) groups excluding carboxylic acids is 1. The van der Waals surface area contributed by atoms with Crippen LogP contribution in [0.1, 0.15) is 21.6 Å². The molecule has 31 heavy (non-hydrogen) atoms. The monoisotopic (exact) mass is 454 g/mol. The third kappa shape index (κ3) is 4.32. The normalized spacial score (nSPS) is 11.7. The summed E-state index contributed by atoms with van der Waals surface area (Å²) in [5, 5.41) is 13.7. The molecule has 3 N–H and O–H groups in total. The number of hydrogen-bond donors (Lipinski definition) is 2. The van der Waals surface area contributed by atoms with Crippen LogP contribution in [0.2, 0.25) is 10.0 Å². The maximum atomic E-state index is 13.2. The van der Waals surface area contributed by atoms with E-state index < -0.39 is 5.91 Å². The Hall–Kier alpha value is -3.19. The first-order valence-electron chi connectivity index (χ1n) is 9.42. The Morgan fingerprint density at radius 2 is 1.94 bits per heavy atom. The number of carbonyl (C=O) groups is 1. The van der Waals surface area contributed by atoms with E-state index in [2.05, 4.69) is 15.3 Å². The second-order valence-corrected chi connectivity index (χ2v) is 7.59. The van der Waals surface area contributed by atoms with Gasteiger partial charge in [0.05, 0.1) is 33.6 Å². The first-order chi connectivity index (χ1) is 15.0. The van der Waals surface area contributed by atoms with Gasteiger partial charge in [-0.15, -0.1) is 0 Å². The van der Waals surface area contributed by atoms with Gasteiger partial charge in [0.2, 0.25) is 16.8 Å². The zero-order chi connectivity index (χ0) is 22.0. The summed E-state index contributed by atoms with van der Waals surface area (Å²) in [7, 11) is 0. The maximum absolute atomic E-state index is 13.2. The molecule has 0 aliphatic rings. The highest BCUT2D eigenvalue weighted by atomic mass is 35.5. The van der Waals surface area contributed by atoms with Crippen molar-refractivity contribution in [1.82, 2.24) is 0 Å². The van der Waals surface area contributed by atoms with E-state index in [4.69, 9.17) is 27.6 Å². The molecule has 0 radical (unpaired) electrons. The first-order valence-corrected chi connectivity index (χ1v) is 10.2. The summed E-state index contributed by atoms with van der Waals surface area (Å²) in [5.74, 6) is -0.473. The average Bonchev–Trinajstić information content (AvgIpc) is 2.78. The molecule has 0 bridgehead atoms. The van der Waals surface area contributed by atoms with Gasteiger partial charge in [0.25, 0.3) is 5.91 Å². The molecule has 8 heteroatoms. The summed E-state index contributed by atoms with van der Waals surface area (Å²) in [6, 6.07) is 15.8. The largest absolute Gasteiger partial charge is 0.431 e. The fraction of sp³-hybridized carbons (Fsp3) is 0.0870. The van der Waals surface area contributed by atoms with Gasteiger partial charge < -0.3 is 14.8 Å². The maximum Gasteiger partial charge on any atom is 0.261 e. The van der Waals surface area contributed by atoms with Gasteiger partial charge in [0.15, 0.2) is 6.20 Å². The number of amides is 1. The number of aliphatic hydroxyl groups excluding tert-OH is 1. The van der Waals surface area contributed by atoms with E-state index in [1.165, 1.54) is 0 Å². The molecule has 156 valence electrons. The number of aromatic amines is 1. The lowest BCUT2D eigenvalue weighted by Gasteiger charge is -2.10. The van der Waals surface area contributed by atoms with Crippen LogP contribution in [-0.2, 0) is 6.61 Å². The second-order valence-electron chi connectivity index (χ2n) is 6.81. The molecule has 2 heterocycles. The lowest BCUT2D eigenvalue weighted by Crippen LogP contribution is -2.23. The molecule has 4 rings (SSSR count). The van der Waals surface area contributed by atoms with E-state index in [-0.39, 0.29) is 22.7 Å². The number of hydrogen-bond acceptors (Lipinski definition) is 4. The summed E-state index contributed by atoms with van der Waals surface area (Å²) in [6.45, 7) is 1.62. The molecule has 0 saturated heterocycles. The average molecular weight is 455 g/mol. The van der Waals surface area contributed by atoms with E-state index >= 15 is 0 Å². The topological polar surface area (TPSA) is 89.0 Å². The van der Waals surface area contributed by atoms with Gasteiger partial charge in [0.1, 0.15) is 5.56 Å². The van der Waals surface area contributed by atoms with Crippen molar-refractivity contribution >= 4 is 51.5 Å². The number of nitrogens with one attached hydrogen (secondary N) is 2. The van der Waals surface area contributed by atoms with Gasteiger partial charge in [-0.05, 0) is 30.3 Å². The van der Waals surface area contributed by atoms with Crippen LogP contribution in [0.5, 0.6) is 0 Å². The van der Waals surface area contributed by atoms with Crippen molar-refractivity contribution in [3.63, 3.8) is 0 Å². The smallest absolute Gasteiger partial charge is 0.261 e. The Morgan fingerprint density at radius 3 is 2.68 bits per heavy atom. The summed E-state index contributed by atoms with van der Waals surface area (Å²) in [4.78, 5) is 20.8. The van der Waals surface area contributed by atoms with Gasteiger partial charge in [-0.25, -0.2) is 9.98 Å². The summed E-state index contributed by atoms with van der Waals surface area (Å²) in [5.41, 5.74) is 3.13. The highest BCUT2D eigenvalue weighted by Crippen LogP contribution is 2.30. The lowest BCUT2D eigenvalue weighted by molar-refractivity contribution is -0.386. The van der Waals surface area contributed by atoms with Crippen molar-refractivity contribution in [2.45, 2.75) is 13.5 Å². The number of rotatable bonds is 4. The van der Waals surface area contributed by atoms with E-state index in [9.17, 15) is 9.90 Å². The Kier molecular flexibility index (Phi) is 6.04. The molecule has 0 aliphatic heterocycles. The van der Waals surface area contributed by atoms with Gasteiger partial charge in [-0.1, -0.05) is 47.5 Å². The zero-order valence-corrected chi connectivity index (χ0v) is 18.0. The van der Waals surface area contributed by atoms with E-state index in [1.807, 2.05) is 25.1 Å². The molecular weight excluding hydrogens is 437 g/mol. The number of para-hydroxylation sites is 1. The fourth-order valence-corrected chi connectivity index (χ4v) is 3.47. The molecule has 0 aliphatic carbocycles. The van der Waals surface area contributed by atoms with Crippen LogP contribution in [0.25, 0.3) is 11.0 Å². The minimum Gasteiger partial charge on any atom is -0.431 e. The van der Waals surface area contributed by atoms with E-state index in [0.29, 0.717) is 32.9 Å². The number of benzene rings is 2. The number of anilines is 1. The fourth-order valence-electron chi connectivity index (χ4n) is 3.12. The number of pyridine rings is 1. The quantitative estimate of drug-likeness (QED) is 0.462. The van der Waals surface area contributed by atoms with Crippen LogP contribution in [0, 0.1) is 6.92 Å². The van der Waals surface area contributed by atoms with Crippen LogP contribution in [-0.4, -0.2) is 11.0 Å². The Labute approximate surface area is 187 Å². The number of aryl methyl sites for hydroxylation is 1. The third-order valence-electron chi connectivity index (χ3n) is 4.71. The van der Waals surface area contributed by atoms with Crippen molar-refractivity contribution in [3.8, 4) is 0 Å². The van der Waals surface area contributed by atoms with Crippen molar-refractivity contribution in [2.24, 2.45) is 4.99 Å². The van der Waals surface area contributed by atoms with Gasteiger partial charge in [0, 0.05) is 12.3 Å². The second kappa shape index (κ2) is 8.89. The molecule has 0 fully saturated rings. The number of halogens is 2. The molecular formula is C23H18Cl2N3O3+. The van der Waals surface area contributed by atoms with Gasteiger partial charge >= 0.3 is 0 Å². The number of H-pyrrole nitrogens is 1. The van der Waals surface area contributed by atoms with Crippen molar-refractivity contribution in [1.29, 1.82) is 0 Å². The minimum absolute atomic E-state index is 0.126. The van der Waals surface area contributed by atoms with Crippen LogP contribution < -0.4 is 15.9 Å². The summed E-state index contributed by atoms with van der Waals surface area (Å²) >= 11 is 12.3. The SMILES string of the molecule is Cc1[nH+]cc(CO)c2cc(C(=O)Nc3cccc(Cl)c3Cl)c(=Nc3ccccc3)oc12. The van der Waals surface area contributed by atoms with E-state index in [1.54, 1.807) is 42.6 Å². The van der Waals surface area contributed by atoms with Crippen LogP contribution >= 0.6 is 23.2 Å². The molecule has 0 spiro atoms. The van der Waals surface area contributed by atoms with Crippen molar-refractivity contribution in [2.75, 3.05) is 5.32 Å². The lowest BCUT2D eigenvalue weighted by atomic mass is 10.1. The molecule has 4 aromatic rings. The summed E-state index contributed by atoms with van der Waals surface area (Å²) < 4.78 is 6.05. The molecule has 0 saturated carbocycles. The number of fused-ring (bicyclic) bond motifs is 1. The van der Waals surface area contributed by atoms with Crippen LogP contribution in [0.4, 0.5) is 11.4 Å². The van der Waals surface area contributed by atoms with Crippen LogP contribution in [0.3, 0.4) is 0 Å². The highest BCUT2D eigenvalue weighted by Gasteiger charge is 2.19. The third-order valence-corrected chi connectivity index (χ3v) is 5.53. The predicted molar refractivity (Wildman–Crippen MR) is 120 cm³/mol. The standard InChI is InChI=1S/C23H17Cl2N3O3/c1-13-21-16(14(12-29)11-26-13)10-17(23(31-21)27-15-6-3-2-4-7-15)22(30)28-19-9-5-8-18(24)20(19)25/h2-11,29H,12H2,1H3,(H,28,30)/p+1. The van der Waals surface area contributed by atoms with Gasteiger partial charge in [-0.2, -0.15) is 0 Å². The molecule has 1 amide bonds. The van der Waals surface area contributed by atoms with Crippen LogP contribution in [0.15, 0.2) is 70.2 Å². The Morgan fingerprint density at radius 1 is 1.16 bits per heavy atom. The predicted octanol–water partition coefficient (Wildman–Crippen LogP) is 4.84. The van der Waals surface area contributed by atoms with Crippen molar-refractivity contribution in [3.05, 3.63) is 93.2 Å². The first kappa shape index (κ1) is 21.1. The summed E-state index contributed by atoms with van der Waals surface area (Å²) in [6.07, 6.45) is 1.68. The van der Waals surface area contributed by atoms with Crippen molar-refractivity contribution < 1.29 is 19.3 Å². The number of nitrogens with zero attached hydrogens (tertiary/aromatic N) is 1. The molecule has 2 aromatic carbocycles. The zero-order valence-electron chi connectivity index (χ0n) is 16.4. The molecule has 0 unspecified atom stereocenters. The molecule has 0 atom stereocenters.